The van der Waals surface area contributed by atoms with Crippen LogP contribution in [0.4, 0.5) is 10.5 Å². The molecule has 0 bridgehead atoms. The molecule has 59 heavy (non-hydrogen) atoms. The normalized spacial score (nSPS) is 33.1. The standard InChI is InChI=1S/C41H60N12O6/c1-48-15-16-52(41(48)59)28-3-2-12-50(23-28)33-19-44-35(36(42)55)37(46-33)45-26-4-7-31(43-18-26)25-10-13-49(14-11-25)20-24-21-51(22-24)27-5-6-29-30(17-27)40(58)53(39(29)57)32-8-9-34(54)47-38(32)56/h5-6,17,24-26,28,31-33,35,37,43-46H,2-4,7-16,18-23H2,1H3,(H2,42,55)(H,47,54,56)/t26?,28-,31?,32-,33?,35?,37?/m1/s1. The van der Waals surface area contributed by atoms with Crippen LogP contribution in [-0.2, 0) is 14.4 Å². The van der Waals surface area contributed by atoms with E-state index < -0.39 is 29.8 Å². The molecule has 9 rings (SSSR count). The number of piperazine rings is 1. The minimum Gasteiger partial charge on any atom is -0.371 e. The van der Waals surface area contributed by atoms with Gasteiger partial charge in [-0.25, -0.2) is 4.79 Å². The Morgan fingerprint density at radius 2 is 1.66 bits per heavy atom. The second kappa shape index (κ2) is 16.7. The van der Waals surface area contributed by atoms with Crippen LogP contribution in [0.5, 0.6) is 0 Å². The van der Waals surface area contributed by atoms with Gasteiger partial charge in [-0.3, -0.25) is 49.7 Å². The molecule has 0 radical (unpaired) electrons. The van der Waals surface area contributed by atoms with Crippen LogP contribution in [0.25, 0.3) is 0 Å². The maximum absolute atomic E-state index is 13.3. The van der Waals surface area contributed by atoms with Crippen molar-refractivity contribution in [3.8, 4) is 0 Å². The van der Waals surface area contributed by atoms with E-state index in [9.17, 15) is 28.8 Å². The van der Waals surface area contributed by atoms with Gasteiger partial charge in [0.1, 0.15) is 12.1 Å². The summed E-state index contributed by atoms with van der Waals surface area (Å²) in [6.07, 6.45) is 6.46. The van der Waals surface area contributed by atoms with Crippen LogP contribution in [-0.4, -0.2) is 182 Å². The zero-order valence-corrected chi connectivity index (χ0v) is 34.1. The van der Waals surface area contributed by atoms with Crippen molar-refractivity contribution < 1.29 is 28.8 Å². The van der Waals surface area contributed by atoms with Crippen molar-refractivity contribution in [3.05, 3.63) is 29.3 Å². The van der Waals surface area contributed by atoms with Gasteiger partial charge in [-0.05, 0) is 88.7 Å². The summed E-state index contributed by atoms with van der Waals surface area (Å²) in [4.78, 5) is 87.8. The third kappa shape index (κ3) is 8.06. The van der Waals surface area contributed by atoms with E-state index in [0.717, 1.165) is 115 Å². The molecular formula is C41H60N12O6. The third-order valence-electron chi connectivity index (χ3n) is 14.4. The molecule has 0 aromatic heterocycles. The molecule has 8 heterocycles. The summed E-state index contributed by atoms with van der Waals surface area (Å²) in [5, 5.41) is 17.0. The number of anilines is 1. The first kappa shape index (κ1) is 40.2. The predicted molar refractivity (Wildman–Crippen MR) is 217 cm³/mol. The van der Waals surface area contributed by atoms with E-state index in [1.165, 1.54) is 0 Å². The van der Waals surface area contributed by atoms with Crippen LogP contribution in [0.2, 0.25) is 0 Å². The summed E-state index contributed by atoms with van der Waals surface area (Å²) in [6.45, 7) is 9.72. The van der Waals surface area contributed by atoms with Crippen molar-refractivity contribution in [1.29, 1.82) is 0 Å². The van der Waals surface area contributed by atoms with Crippen molar-refractivity contribution in [2.24, 2.45) is 17.6 Å². The van der Waals surface area contributed by atoms with E-state index in [-0.39, 0.29) is 55.1 Å². The van der Waals surface area contributed by atoms with Gasteiger partial charge in [0.15, 0.2) is 0 Å². The first-order chi connectivity index (χ1) is 28.5. The second-order valence-corrected chi connectivity index (χ2v) is 18.2. The highest BCUT2D eigenvalue weighted by Gasteiger charge is 2.46. The van der Waals surface area contributed by atoms with Crippen molar-refractivity contribution in [2.75, 3.05) is 83.9 Å². The molecule has 0 saturated carbocycles. The SMILES string of the molecule is CN1CCN([C@@H]2CCCN(C3CNC(C(N)=O)C(NC4CCC(C5CCN(CC6CN(c7ccc8c(c7)C(=O)N([C@@H]7CCC(=O)NC7=O)C8=O)C6)CC5)NC4)N3)C2)C1=O. The fourth-order valence-electron chi connectivity index (χ4n) is 11.0. The number of benzene rings is 1. The number of nitrogens with one attached hydrogen (secondary N) is 5. The van der Waals surface area contributed by atoms with Crippen LogP contribution in [0, 0.1) is 11.8 Å². The third-order valence-corrected chi connectivity index (χ3v) is 14.4. The number of likely N-dealkylation sites (N-methyl/N-ethyl adjacent to an activating group) is 1. The smallest absolute Gasteiger partial charge is 0.320 e. The topological polar surface area (TPSA) is 208 Å². The maximum atomic E-state index is 13.3. The summed E-state index contributed by atoms with van der Waals surface area (Å²) in [6, 6.07) is 4.89. The minimum absolute atomic E-state index is 0.0374. The van der Waals surface area contributed by atoms with Gasteiger partial charge >= 0.3 is 6.03 Å². The number of likely N-dealkylation sites (tertiary alicyclic amines) is 2. The molecule has 18 heteroatoms. The summed E-state index contributed by atoms with van der Waals surface area (Å²) in [7, 11) is 1.87. The zero-order valence-electron chi connectivity index (χ0n) is 34.1. The molecule has 0 spiro atoms. The Morgan fingerprint density at radius 3 is 2.37 bits per heavy atom. The fraction of sp³-hybridized carbons (Fsp3) is 0.707. The van der Waals surface area contributed by atoms with Gasteiger partial charge in [0, 0.05) is 95.6 Å². The number of piperidine rings is 4. The molecule has 0 aliphatic carbocycles. The number of carbonyl (C=O) groups is 6. The Labute approximate surface area is 345 Å². The molecule has 1 aromatic rings. The van der Waals surface area contributed by atoms with Crippen molar-refractivity contribution >= 4 is 41.3 Å². The van der Waals surface area contributed by atoms with Crippen LogP contribution < -0.4 is 37.2 Å². The van der Waals surface area contributed by atoms with E-state index in [0.29, 0.717) is 35.5 Å². The van der Waals surface area contributed by atoms with Gasteiger partial charge in [0.2, 0.25) is 17.7 Å². The first-order valence-electron chi connectivity index (χ1n) is 21.9. The van der Waals surface area contributed by atoms with Crippen molar-refractivity contribution in [2.45, 2.75) is 93.9 Å². The van der Waals surface area contributed by atoms with Crippen molar-refractivity contribution in [1.82, 2.24) is 51.1 Å². The molecule has 7 amide bonds. The lowest BCUT2D eigenvalue weighted by molar-refractivity contribution is -0.136. The number of nitrogens with two attached hydrogens (primary N) is 1. The van der Waals surface area contributed by atoms with Gasteiger partial charge < -0.3 is 36.0 Å². The number of carbonyl (C=O) groups excluding carboxylic acids is 6. The Balaban J connectivity index is 0.703. The van der Waals surface area contributed by atoms with E-state index in [4.69, 9.17) is 5.73 Å². The average molecular weight is 817 g/mol. The van der Waals surface area contributed by atoms with Crippen LogP contribution in [0.1, 0.15) is 72.1 Å². The number of imide groups is 2. The van der Waals surface area contributed by atoms with Gasteiger partial charge in [-0.15, -0.1) is 0 Å². The summed E-state index contributed by atoms with van der Waals surface area (Å²) in [5.74, 6) is -1.15. The van der Waals surface area contributed by atoms with Gasteiger partial charge in [0.25, 0.3) is 11.8 Å². The predicted octanol–water partition coefficient (Wildman–Crippen LogP) is -1.52. The quantitative estimate of drug-likeness (QED) is 0.149. The number of amides is 7. The van der Waals surface area contributed by atoms with Crippen LogP contribution in [0.15, 0.2) is 18.2 Å². The number of fused-ring (bicyclic) bond motifs is 1. The summed E-state index contributed by atoms with van der Waals surface area (Å²) < 4.78 is 0. The highest BCUT2D eigenvalue weighted by molar-refractivity contribution is 6.23. The lowest BCUT2D eigenvalue weighted by atomic mass is 9.83. The average Bonchev–Trinajstić information content (AvgIpc) is 3.69. The monoisotopic (exact) mass is 816 g/mol. The number of hydrogen-bond acceptors (Lipinski definition) is 13. The lowest BCUT2D eigenvalue weighted by Gasteiger charge is -2.47. The van der Waals surface area contributed by atoms with E-state index in [1.54, 1.807) is 17.0 Å². The second-order valence-electron chi connectivity index (χ2n) is 18.2. The Bertz CT molecular complexity index is 1830. The zero-order chi connectivity index (χ0) is 40.9. The molecule has 7 saturated heterocycles. The number of primary amides is 1. The molecule has 8 aliphatic rings. The summed E-state index contributed by atoms with van der Waals surface area (Å²) in [5.41, 5.74) is 7.41. The molecule has 1 aromatic carbocycles. The number of nitrogens with zero attached hydrogens (tertiary/aromatic N) is 6. The summed E-state index contributed by atoms with van der Waals surface area (Å²) >= 11 is 0. The highest BCUT2D eigenvalue weighted by atomic mass is 16.2. The van der Waals surface area contributed by atoms with Gasteiger partial charge in [-0.1, -0.05) is 0 Å². The van der Waals surface area contributed by atoms with Gasteiger partial charge in [-0.2, -0.15) is 0 Å². The van der Waals surface area contributed by atoms with E-state index in [2.05, 4.69) is 41.3 Å². The van der Waals surface area contributed by atoms with E-state index in [1.807, 2.05) is 18.0 Å². The molecule has 7 fully saturated rings. The molecule has 7 N–H and O–H groups in total. The fourth-order valence-corrected chi connectivity index (χ4v) is 11.0. The van der Waals surface area contributed by atoms with Crippen LogP contribution in [0.3, 0.4) is 0 Å². The first-order valence-corrected chi connectivity index (χ1v) is 21.9. The highest BCUT2D eigenvalue weighted by Crippen LogP contribution is 2.34. The number of rotatable bonds is 10. The Morgan fingerprint density at radius 1 is 0.864 bits per heavy atom. The van der Waals surface area contributed by atoms with Crippen molar-refractivity contribution in [3.63, 3.8) is 0 Å². The number of hydrogen-bond donors (Lipinski definition) is 6. The largest absolute Gasteiger partial charge is 0.371 e. The minimum atomic E-state index is -0.964. The maximum Gasteiger partial charge on any atom is 0.320 e. The molecular weight excluding hydrogens is 757 g/mol. The van der Waals surface area contributed by atoms with E-state index >= 15 is 0 Å². The lowest BCUT2D eigenvalue weighted by Crippen LogP contribution is -2.74. The number of urea groups is 1. The molecule has 320 valence electrons. The Kier molecular flexibility index (Phi) is 11.4. The Hall–Kier alpha value is -4.20. The molecule has 7 atom stereocenters. The molecule has 18 nitrogen and oxygen atoms in total. The molecule has 8 aliphatic heterocycles. The molecule has 5 unspecified atom stereocenters. The van der Waals surface area contributed by atoms with Crippen LogP contribution >= 0.6 is 0 Å². The van der Waals surface area contributed by atoms with Gasteiger partial charge in [0.05, 0.1) is 23.5 Å².